The Balaban J connectivity index is 2.00. The van der Waals surface area contributed by atoms with E-state index in [0.717, 1.165) is 55.9 Å². The van der Waals surface area contributed by atoms with E-state index >= 15 is 0 Å². The van der Waals surface area contributed by atoms with Gasteiger partial charge in [-0.15, -0.1) is 0 Å². The molecular formula is C21H28O5. The summed E-state index contributed by atoms with van der Waals surface area (Å²) in [6.07, 6.45) is 12.1. The van der Waals surface area contributed by atoms with E-state index in [0.29, 0.717) is 13.2 Å². The first-order valence-electron chi connectivity index (χ1n) is 9.05. The van der Waals surface area contributed by atoms with E-state index in [4.69, 9.17) is 14.6 Å². The summed E-state index contributed by atoms with van der Waals surface area (Å²) in [7, 11) is 0. The van der Waals surface area contributed by atoms with Gasteiger partial charge in [-0.25, -0.2) is 9.59 Å². The average molecular weight is 360 g/mol. The number of unbranched alkanes of at least 4 members (excludes halogenated alkanes) is 5. The van der Waals surface area contributed by atoms with Gasteiger partial charge in [-0.2, -0.15) is 0 Å². The monoisotopic (exact) mass is 360 g/mol. The van der Waals surface area contributed by atoms with Crippen LogP contribution in [0.1, 0.15) is 51.0 Å². The van der Waals surface area contributed by atoms with Crippen LogP contribution in [-0.2, 0) is 14.3 Å². The fourth-order valence-electron chi connectivity index (χ4n) is 2.30. The number of carboxylic acid groups (broad SMARTS) is 1. The quantitative estimate of drug-likeness (QED) is 0.316. The molecule has 142 valence electrons. The molecule has 0 unspecified atom stereocenters. The van der Waals surface area contributed by atoms with Gasteiger partial charge >= 0.3 is 11.9 Å². The van der Waals surface area contributed by atoms with Gasteiger partial charge in [0.1, 0.15) is 5.75 Å². The summed E-state index contributed by atoms with van der Waals surface area (Å²) in [5, 5.41) is 8.58. The Bertz CT molecular complexity index is 587. The van der Waals surface area contributed by atoms with Gasteiger partial charge < -0.3 is 14.6 Å². The minimum Gasteiger partial charge on any atom is -0.494 e. The summed E-state index contributed by atoms with van der Waals surface area (Å²) in [6, 6.07) is 7.35. The predicted molar refractivity (Wildman–Crippen MR) is 102 cm³/mol. The molecule has 1 aromatic carbocycles. The van der Waals surface area contributed by atoms with Gasteiger partial charge in [-0.1, -0.05) is 43.9 Å². The van der Waals surface area contributed by atoms with Gasteiger partial charge in [0.15, 0.2) is 0 Å². The van der Waals surface area contributed by atoms with Crippen LogP contribution in [0.3, 0.4) is 0 Å². The molecular weight excluding hydrogens is 332 g/mol. The SMILES string of the molecule is CC=CC(=O)OCCCCCCCCOc1ccc(/C=C/C(=O)O)cc1. The van der Waals surface area contributed by atoms with E-state index in [2.05, 4.69) is 0 Å². The maximum atomic E-state index is 11.1. The van der Waals surface area contributed by atoms with Gasteiger partial charge in [0.25, 0.3) is 0 Å². The molecule has 0 aliphatic heterocycles. The zero-order valence-electron chi connectivity index (χ0n) is 15.4. The van der Waals surface area contributed by atoms with E-state index < -0.39 is 5.97 Å². The number of allylic oxidation sites excluding steroid dienone is 1. The standard InChI is InChI=1S/C21H28O5/c1-2-9-21(24)26-17-8-6-4-3-5-7-16-25-19-13-10-18(11-14-19)12-15-20(22)23/h2,9-15H,3-8,16-17H2,1H3,(H,22,23)/b9-2?,15-12+. The van der Waals surface area contributed by atoms with Crippen molar-refractivity contribution in [3.63, 3.8) is 0 Å². The molecule has 0 saturated heterocycles. The highest BCUT2D eigenvalue weighted by Crippen LogP contribution is 2.14. The van der Waals surface area contributed by atoms with Crippen molar-refractivity contribution in [2.24, 2.45) is 0 Å². The third kappa shape index (κ3) is 11.1. The Labute approximate surface area is 155 Å². The highest BCUT2D eigenvalue weighted by atomic mass is 16.5. The van der Waals surface area contributed by atoms with Crippen LogP contribution < -0.4 is 4.74 Å². The smallest absolute Gasteiger partial charge is 0.330 e. The lowest BCUT2D eigenvalue weighted by Gasteiger charge is -2.06. The van der Waals surface area contributed by atoms with E-state index in [-0.39, 0.29) is 5.97 Å². The third-order valence-electron chi connectivity index (χ3n) is 3.65. The maximum absolute atomic E-state index is 11.1. The fraction of sp³-hybridized carbons (Fsp3) is 0.429. The van der Waals surface area contributed by atoms with E-state index in [1.807, 2.05) is 24.3 Å². The molecule has 0 heterocycles. The summed E-state index contributed by atoms with van der Waals surface area (Å²) < 4.78 is 10.7. The van der Waals surface area contributed by atoms with Crippen molar-refractivity contribution in [1.29, 1.82) is 0 Å². The molecule has 0 spiro atoms. The van der Waals surface area contributed by atoms with Crippen LogP contribution in [0.4, 0.5) is 0 Å². The van der Waals surface area contributed by atoms with Crippen LogP contribution in [-0.4, -0.2) is 30.3 Å². The van der Waals surface area contributed by atoms with Crippen LogP contribution in [0.25, 0.3) is 6.08 Å². The van der Waals surface area contributed by atoms with Crippen molar-refractivity contribution in [1.82, 2.24) is 0 Å². The number of rotatable bonds is 13. The Morgan fingerprint density at radius 1 is 0.923 bits per heavy atom. The van der Waals surface area contributed by atoms with Crippen molar-refractivity contribution in [3.8, 4) is 5.75 Å². The fourth-order valence-corrected chi connectivity index (χ4v) is 2.30. The number of carbonyl (C=O) groups excluding carboxylic acids is 1. The molecule has 0 aromatic heterocycles. The topological polar surface area (TPSA) is 72.8 Å². The minimum atomic E-state index is -0.958. The van der Waals surface area contributed by atoms with Crippen molar-refractivity contribution >= 4 is 18.0 Å². The number of benzene rings is 1. The van der Waals surface area contributed by atoms with Crippen LogP contribution in [0.15, 0.2) is 42.5 Å². The molecule has 5 nitrogen and oxygen atoms in total. The number of carboxylic acids is 1. The lowest BCUT2D eigenvalue weighted by atomic mass is 10.1. The van der Waals surface area contributed by atoms with Crippen LogP contribution in [0.5, 0.6) is 5.75 Å². The first kappa shape index (κ1) is 21.5. The molecule has 0 fully saturated rings. The molecule has 0 atom stereocenters. The van der Waals surface area contributed by atoms with Crippen LogP contribution in [0, 0.1) is 0 Å². The second-order valence-corrected chi connectivity index (χ2v) is 5.88. The summed E-state index contributed by atoms with van der Waals surface area (Å²) >= 11 is 0. The van der Waals surface area contributed by atoms with E-state index in [1.54, 1.807) is 19.1 Å². The molecule has 0 aliphatic rings. The van der Waals surface area contributed by atoms with Crippen molar-refractivity contribution in [2.45, 2.75) is 45.4 Å². The predicted octanol–water partition coefficient (Wildman–Crippen LogP) is 4.62. The van der Waals surface area contributed by atoms with Crippen molar-refractivity contribution in [3.05, 3.63) is 48.1 Å². The Morgan fingerprint density at radius 2 is 1.54 bits per heavy atom. The number of hydrogen-bond acceptors (Lipinski definition) is 4. The molecule has 0 bridgehead atoms. The summed E-state index contributed by atoms with van der Waals surface area (Å²) in [4.78, 5) is 21.6. The molecule has 5 heteroatoms. The van der Waals surface area contributed by atoms with Gasteiger partial charge in [0, 0.05) is 12.2 Å². The average Bonchev–Trinajstić information content (AvgIpc) is 2.62. The van der Waals surface area contributed by atoms with Gasteiger partial charge in [-0.3, -0.25) is 0 Å². The Kier molecular flexibility index (Phi) is 11.3. The lowest BCUT2D eigenvalue weighted by Crippen LogP contribution is -2.02. The molecule has 0 radical (unpaired) electrons. The highest BCUT2D eigenvalue weighted by molar-refractivity contribution is 5.85. The molecule has 0 saturated carbocycles. The first-order valence-corrected chi connectivity index (χ1v) is 9.05. The number of carbonyl (C=O) groups is 2. The number of ether oxygens (including phenoxy) is 2. The van der Waals surface area contributed by atoms with Crippen LogP contribution >= 0.6 is 0 Å². The summed E-state index contributed by atoms with van der Waals surface area (Å²) in [5.74, 6) is -0.434. The number of hydrogen-bond donors (Lipinski definition) is 1. The number of esters is 1. The zero-order chi connectivity index (χ0) is 19.0. The van der Waals surface area contributed by atoms with Crippen LogP contribution in [0.2, 0.25) is 0 Å². The van der Waals surface area contributed by atoms with Gasteiger partial charge in [-0.05, 0) is 43.5 Å². The summed E-state index contributed by atoms with van der Waals surface area (Å²) in [6.45, 7) is 2.95. The molecule has 1 aromatic rings. The van der Waals surface area contributed by atoms with Gasteiger partial charge in [0.2, 0.25) is 0 Å². The minimum absolute atomic E-state index is 0.268. The third-order valence-corrected chi connectivity index (χ3v) is 3.65. The van der Waals surface area contributed by atoms with Gasteiger partial charge in [0.05, 0.1) is 13.2 Å². The largest absolute Gasteiger partial charge is 0.494 e. The maximum Gasteiger partial charge on any atom is 0.330 e. The lowest BCUT2D eigenvalue weighted by molar-refractivity contribution is -0.138. The Hall–Kier alpha value is -2.56. The first-order chi connectivity index (χ1) is 12.6. The normalized spacial score (nSPS) is 11.1. The zero-order valence-corrected chi connectivity index (χ0v) is 15.4. The Morgan fingerprint density at radius 3 is 2.15 bits per heavy atom. The highest BCUT2D eigenvalue weighted by Gasteiger charge is 1.97. The summed E-state index contributed by atoms with van der Waals surface area (Å²) in [5.41, 5.74) is 0.830. The van der Waals surface area contributed by atoms with Crippen molar-refractivity contribution in [2.75, 3.05) is 13.2 Å². The molecule has 0 aliphatic carbocycles. The second-order valence-electron chi connectivity index (χ2n) is 5.88. The molecule has 1 rings (SSSR count). The van der Waals surface area contributed by atoms with E-state index in [9.17, 15) is 9.59 Å². The number of aliphatic carboxylic acids is 1. The molecule has 26 heavy (non-hydrogen) atoms. The molecule has 0 amide bonds. The second kappa shape index (κ2) is 13.7. The van der Waals surface area contributed by atoms with Crippen molar-refractivity contribution < 1.29 is 24.2 Å². The van der Waals surface area contributed by atoms with E-state index in [1.165, 1.54) is 6.08 Å². The molecule has 1 N–H and O–H groups in total.